The van der Waals surface area contributed by atoms with Crippen molar-refractivity contribution in [3.63, 3.8) is 0 Å². The number of nitriles is 2. The fourth-order valence-electron chi connectivity index (χ4n) is 0.485. The minimum Gasteiger partial charge on any atom is -0.453 e. The highest BCUT2D eigenvalue weighted by molar-refractivity contribution is 5.67. The van der Waals surface area contributed by atoms with Crippen LogP contribution < -0.4 is 0 Å². The number of carbonyl (C=O) groups excluding carboxylic acids is 1. The van der Waals surface area contributed by atoms with Crippen molar-refractivity contribution >= 4 is 6.09 Å². The second-order valence-corrected chi connectivity index (χ2v) is 1.64. The predicted octanol–water partition coefficient (Wildman–Crippen LogP) is 0.102. The van der Waals surface area contributed by atoms with Crippen LogP contribution >= 0.6 is 0 Å². The van der Waals surface area contributed by atoms with E-state index in [0.29, 0.717) is 0 Å². The topological polar surface area (TPSA) is 77.1 Å². The summed E-state index contributed by atoms with van der Waals surface area (Å²) in [6.07, 6.45) is -0.659. The first-order valence-electron chi connectivity index (χ1n) is 2.83. The molecule has 0 atom stereocenters. The number of hydrogen-bond acceptors (Lipinski definition) is 4. The molecule has 0 aromatic rings. The summed E-state index contributed by atoms with van der Waals surface area (Å²) in [5, 5.41) is 16.4. The van der Waals surface area contributed by atoms with Crippen molar-refractivity contribution in [2.75, 3.05) is 20.2 Å². The van der Waals surface area contributed by atoms with E-state index in [2.05, 4.69) is 4.74 Å². The lowest BCUT2D eigenvalue weighted by atomic mass is 10.5. The summed E-state index contributed by atoms with van der Waals surface area (Å²) < 4.78 is 4.30. The first kappa shape index (κ1) is 9.25. The van der Waals surface area contributed by atoms with Crippen molar-refractivity contribution in [3.8, 4) is 12.1 Å². The van der Waals surface area contributed by atoms with Gasteiger partial charge in [-0.3, -0.25) is 4.90 Å². The summed E-state index contributed by atoms with van der Waals surface area (Å²) in [6, 6.07) is 3.48. The van der Waals surface area contributed by atoms with E-state index in [0.717, 1.165) is 4.90 Å². The van der Waals surface area contributed by atoms with Gasteiger partial charge in [0.1, 0.15) is 13.1 Å². The molecule has 11 heavy (non-hydrogen) atoms. The molecule has 0 bridgehead atoms. The molecule has 0 saturated carbocycles. The SMILES string of the molecule is COC(=O)N(CC#N)CC#N. The van der Waals surface area contributed by atoms with Crippen molar-refractivity contribution in [3.05, 3.63) is 0 Å². The molecule has 0 unspecified atom stereocenters. The van der Waals surface area contributed by atoms with Gasteiger partial charge in [-0.2, -0.15) is 10.5 Å². The molecule has 0 aliphatic rings. The van der Waals surface area contributed by atoms with E-state index >= 15 is 0 Å². The van der Waals surface area contributed by atoms with Gasteiger partial charge in [0.25, 0.3) is 0 Å². The number of carbonyl (C=O) groups is 1. The van der Waals surface area contributed by atoms with Gasteiger partial charge in [-0.15, -0.1) is 0 Å². The predicted molar refractivity (Wildman–Crippen MR) is 35.2 cm³/mol. The molecule has 0 spiro atoms. The number of hydrogen-bond donors (Lipinski definition) is 0. The smallest absolute Gasteiger partial charge is 0.411 e. The van der Waals surface area contributed by atoms with E-state index in [1.807, 2.05) is 0 Å². The Morgan fingerprint density at radius 2 is 1.91 bits per heavy atom. The second-order valence-electron chi connectivity index (χ2n) is 1.64. The van der Waals surface area contributed by atoms with Crippen LogP contribution in [-0.4, -0.2) is 31.2 Å². The Labute approximate surface area is 64.4 Å². The lowest BCUT2D eigenvalue weighted by Gasteiger charge is -2.12. The van der Waals surface area contributed by atoms with Crippen LogP contribution in [0.3, 0.4) is 0 Å². The number of amides is 1. The van der Waals surface area contributed by atoms with Gasteiger partial charge < -0.3 is 4.74 Å². The molecule has 0 aromatic heterocycles. The average Bonchev–Trinajstić information content (AvgIpc) is 2.03. The number of methoxy groups -OCH3 is 1. The van der Waals surface area contributed by atoms with Crippen LogP contribution in [0.2, 0.25) is 0 Å². The molecule has 0 saturated heterocycles. The van der Waals surface area contributed by atoms with Crippen molar-refractivity contribution in [2.24, 2.45) is 0 Å². The molecule has 0 fully saturated rings. The van der Waals surface area contributed by atoms with Gasteiger partial charge in [-0.1, -0.05) is 0 Å². The number of nitrogens with zero attached hydrogens (tertiary/aromatic N) is 3. The molecular weight excluding hydrogens is 146 g/mol. The van der Waals surface area contributed by atoms with E-state index in [1.165, 1.54) is 7.11 Å². The van der Waals surface area contributed by atoms with Crippen molar-refractivity contribution in [2.45, 2.75) is 0 Å². The molecule has 5 nitrogen and oxygen atoms in total. The summed E-state index contributed by atoms with van der Waals surface area (Å²) in [6.45, 7) is -0.250. The number of rotatable bonds is 2. The molecule has 1 amide bonds. The van der Waals surface area contributed by atoms with Crippen LogP contribution in [-0.2, 0) is 4.74 Å². The third-order valence-electron chi connectivity index (χ3n) is 0.956. The Balaban J connectivity index is 4.02. The zero-order chi connectivity index (χ0) is 8.69. The maximum Gasteiger partial charge on any atom is 0.411 e. The molecule has 0 heterocycles. The summed E-state index contributed by atoms with van der Waals surface area (Å²) in [7, 11) is 1.20. The molecule has 0 aromatic carbocycles. The summed E-state index contributed by atoms with van der Waals surface area (Å²) in [5.74, 6) is 0. The van der Waals surface area contributed by atoms with Crippen molar-refractivity contribution < 1.29 is 9.53 Å². The lowest BCUT2D eigenvalue weighted by molar-refractivity contribution is 0.133. The Bertz CT molecular complexity index is 197. The van der Waals surface area contributed by atoms with Gasteiger partial charge in [0, 0.05) is 0 Å². The van der Waals surface area contributed by atoms with E-state index in [-0.39, 0.29) is 13.1 Å². The summed E-state index contributed by atoms with van der Waals surface area (Å²) >= 11 is 0. The minimum atomic E-state index is -0.659. The molecule has 0 radical (unpaired) electrons. The molecule has 5 heteroatoms. The molecule has 0 N–H and O–H groups in total. The molecule has 58 valence electrons. The monoisotopic (exact) mass is 153 g/mol. The third-order valence-corrected chi connectivity index (χ3v) is 0.956. The highest BCUT2D eigenvalue weighted by Gasteiger charge is 2.11. The van der Waals surface area contributed by atoms with Crippen LogP contribution in [0, 0.1) is 22.7 Å². The van der Waals surface area contributed by atoms with Gasteiger partial charge in [0.05, 0.1) is 19.2 Å². The second kappa shape index (κ2) is 5.07. The van der Waals surface area contributed by atoms with E-state index in [1.54, 1.807) is 12.1 Å². The standard InChI is InChI=1S/C6H7N3O2/c1-11-6(10)9(4-2-7)5-3-8/h4-5H2,1H3. The third kappa shape index (κ3) is 3.07. The first-order valence-corrected chi connectivity index (χ1v) is 2.83. The Morgan fingerprint density at radius 3 is 2.18 bits per heavy atom. The molecule has 0 aliphatic heterocycles. The summed E-state index contributed by atoms with van der Waals surface area (Å²) in [5.41, 5.74) is 0. The van der Waals surface area contributed by atoms with Crippen LogP contribution in [0.4, 0.5) is 4.79 Å². The van der Waals surface area contributed by atoms with Crippen LogP contribution in [0.15, 0.2) is 0 Å². The number of ether oxygens (including phenoxy) is 1. The Morgan fingerprint density at radius 1 is 1.45 bits per heavy atom. The Hall–Kier alpha value is -1.75. The largest absolute Gasteiger partial charge is 0.453 e. The first-order chi connectivity index (χ1) is 5.26. The van der Waals surface area contributed by atoms with Crippen LogP contribution in [0.1, 0.15) is 0 Å². The van der Waals surface area contributed by atoms with Crippen LogP contribution in [0.5, 0.6) is 0 Å². The van der Waals surface area contributed by atoms with E-state index in [4.69, 9.17) is 10.5 Å². The zero-order valence-electron chi connectivity index (χ0n) is 6.07. The highest BCUT2D eigenvalue weighted by Crippen LogP contribution is 1.89. The summed E-state index contributed by atoms with van der Waals surface area (Å²) in [4.78, 5) is 11.7. The fraction of sp³-hybridized carbons (Fsp3) is 0.500. The minimum absolute atomic E-state index is 0.125. The van der Waals surface area contributed by atoms with Crippen LogP contribution in [0.25, 0.3) is 0 Å². The molecule has 0 aliphatic carbocycles. The van der Waals surface area contributed by atoms with Gasteiger partial charge in [-0.25, -0.2) is 4.79 Å². The van der Waals surface area contributed by atoms with Gasteiger partial charge in [-0.05, 0) is 0 Å². The van der Waals surface area contributed by atoms with E-state index in [9.17, 15) is 4.79 Å². The lowest BCUT2D eigenvalue weighted by Crippen LogP contribution is -2.31. The van der Waals surface area contributed by atoms with Gasteiger partial charge >= 0.3 is 6.09 Å². The van der Waals surface area contributed by atoms with Crippen molar-refractivity contribution in [1.29, 1.82) is 10.5 Å². The maximum atomic E-state index is 10.7. The quantitative estimate of drug-likeness (QED) is 0.527. The normalized spacial score (nSPS) is 7.55. The van der Waals surface area contributed by atoms with Crippen molar-refractivity contribution in [1.82, 2.24) is 4.90 Å². The van der Waals surface area contributed by atoms with Gasteiger partial charge in [0.15, 0.2) is 0 Å². The Kier molecular flexibility index (Phi) is 4.26. The zero-order valence-corrected chi connectivity index (χ0v) is 6.07. The molecule has 0 rings (SSSR count). The highest BCUT2D eigenvalue weighted by atomic mass is 16.5. The molecular formula is C6H7N3O2. The van der Waals surface area contributed by atoms with E-state index < -0.39 is 6.09 Å². The fourth-order valence-corrected chi connectivity index (χ4v) is 0.485. The maximum absolute atomic E-state index is 10.7. The van der Waals surface area contributed by atoms with Gasteiger partial charge in [0.2, 0.25) is 0 Å². The average molecular weight is 153 g/mol.